The number of benzene rings is 2. The Balaban J connectivity index is 1.75. The van der Waals surface area contributed by atoms with Crippen molar-refractivity contribution in [1.29, 1.82) is 0 Å². The zero-order valence-electron chi connectivity index (χ0n) is 19.9. The summed E-state index contributed by atoms with van der Waals surface area (Å²) in [5, 5.41) is 14.2. The van der Waals surface area contributed by atoms with Crippen LogP contribution in [0.3, 0.4) is 0 Å². The number of aryl methyl sites for hydroxylation is 3. The number of nitro groups is 1. The highest BCUT2D eigenvalue weighted by atomic mass is 32.2. The zero-order chi connectivity index (χ0) is 26.1. The van der Waals surface area contributed by atoms with E-state index in [4.69, 9.17) is 0 Å². The maximum Gasteiger partial charge on any atom is 0.332 e. The summed E-state index contributed by atoms with van der Waals surface area (Å²) in [7, 11) is 2.84. The van der Waals surface area contributed by atoms with Crippen LogP contribution in [0, 0.1) is 24.0 Å². The smallest absolute Gasteiger partial charge is 0.325 e. The highest BCUT2D eigenvalue weighted by molar-refractivity contribution is 8.00. The molecule has 0 unspecified atom stereocenters. The molecule has 0 fully saturated rings. The van der Waals surface area contributed by atoms with Gasteiger partial charge in [0.1, 0.15) is 10.4 Å². The maximum atomic E-state index is 13.0. The Morgan fingerprint density at radius 3 is 2.28 bits per heavy atom. The molecule has 0 aliphatic heterocycles. The summed E-state index contributed by atoms with van der Waals surface area (Å²) in [6, 6.07) is 11.3. The number of fused-ring (bicyclic) bond motifs is 1. The summed E-state index contributed by atoms with van der Waals surface area (Å²) < 4.78 is 2.18. The maximum absolute atomic E-state index is 13.0. The van der Waals surface area contributed by atoms with Crippen LogP contribution in [0.2, 0.25) is 0 Å². The molecule has 0 saturated carbocycles. The van der Waals surface area contributed by atoms with Crippen LogP contribution in [0.25, 0.3) is 22.4 Å². The van der Waals surface area contributed by atoms with Gasteiger partial charge in [0, 0.05) is 37.5 Å². The third-order valence-electron chi connectivity index (χ3n) is 5.45. The van der Waals surface area contributed by atoms with Crippen LogP contribution in [0.4, 0.5) is 11.4 Å². The summed E-state index contributed by atoms with van der Waals surface area (Å²) in [5.74, 6) is -0.182. The third-order valence-corrected chi connectivity index (χ3v) is 6.42. The van der Waals surface area contributed by atoms with Crippen LogP contribution < -0.4 is 16.6 Å². The average molecular weight is 507 g/mol. The number of nitrogens with zero attached hydrogens (tertiary/aromatic N) is 5. The SMILES string of the molecule is Cc1cc(C)cc(NC(=O)CSc2nc(-c3ccc([N+](=O)[O-])cc3)nc3c2c(=O)n(C)c(=O)n3C)c1. The second-order valence-corrected chi connectivity index (χ2v) is 9.24. The lowest BCUT2D eigenvalue weighted by Gasteiger charge is -2.12. The van der Waals surface area contributed by atoms with Gasteiger partial charge in [0.2, 0.25) is 5.91 Å². The van der Waals surface area contributed by atoms with Crippen LogP contribution in [0.1, 0.15) is 11.1 Å². The first-order valence-electron chi connectivity index (χ1n) is 10.8. The molecular formula is C24H22N6O5S. The number of thioether (sulfide) groups is 1. The van der Waals surface area contributed by atoms with Crippen LogP contribution in [-0.2, 0) is 18.9 Å². The van der Waals surface area contributed by atoms with E-state index in [1.54, 1.807) is 0 Å². The fourth-order valence-electron chi connectivity index (χ4n) is 3.77. The molecule has 36 heavy (non-hydrogen) atoms. The van der Waals surface area contributed by atoms with Gasteiger partial charge in [-0.25, -0.2) is 14.8 Å². The highest BCUT2D eigenvalue weighted by Gasteiger charge is 2.19. The van der Waals surface area contributed by atoms with Gasteiger partial charge < -0.3 is 5.32 Å². The van der Waals surface area contributed by atoms with Crippen LogP contribution in [-0.4, -0.2) is 35.7 Å². The molecule has 12 heteroatoms. The van der Waals surface area contributed by atoms with E-state index in [1.165, 1.54) is 42.9 Å². The topological polar surface area (TPSA) is 142 Å². The Bertz CT molecular complexity index is 1620. The number of hydrogen-bond acceptors (Lipinski definition) is 8. The third kappa shape index (κ3) is 4.89. The van der Waals surface area contributed by atoms with Gasteiger partial charge in [0.25, 0.3) is 11.2 Å². The minimum absolute atomic E-state index is 0.0508. The van der Waals surface area contributed by atoms with Crippen molar-refractivity contribution in [2.75, 3.05) is 11.1 Å². The van der Waals surface area contributed by atoms with Gasteiger partial charge in [-0.15, -0.1) is 0 Å². The molecule has 4 rings (SSSR count). The summed E-state index contributed by atoms with van der Waals surface area (Å²) >= 11 is 1.04. The first kappa shape index (κ1) is 24.8. The van der Waals surface area contributed by atoms with Crippen LogP contribution in [0.15, 0.2) is 57.1 Å². The van der Waals surface area contributed by atoms with Gasteiger partial charge in [0.15, 0.2) is 11.5 Å². The van der Waals surface area contributed by atoms with Gasteiger partial charge in [0.05, 0.1) is 10.7 Å². The average Bonchev–Trinajstić information content (AvgIpc) is 2.83. The molecule has 1 N–H and O–H groups in total. The molecule has 0 bridgehead atoms. The summed E-state index contributed by atoms with van der Waals surface area (Å²) in [6.07, 6.45) is 0. The van der Waals surface area contributed by atoms with Crippen LogP contribution >= 0.6 is 11.8 Å². The van der Waals surface area contributed by atoms with Gasteiger partial charge in [-0.3, -0.25) is 28.8 Å². The summed E-state index contributed by atoms with van der Waals surface area (Å²) in [4.78, 5) is 57.6. The van der Waals surface area contributed by atoms with E-state index in [0.29, 0.717) is 11.3 Å². The number of non-ortho nitro benzene ring substituents is 1. The number of carbonyl (C=O) groups excluding carboxylic acids is 1. The quantitative estimate of drug-likeness (QED) is 0.182. The van der Waals surface area contributed by atoms with E-state index >= 15 is 0 Å². The van der Waals surface area contributed by atoms with E-state index in [0.717, 1.165) is 27.5 Å². The van der Waals surface area contributed by atoms with Gasteiger partial charge in [-0.1, -0.05) is 17.8 Å². The van der Waals surface area contributed by atoms with Crippen molar-refractivity contribution >= 4 is 40.1 Å². The van der Waals surface area contributed by atoms with Crippen molar-refractivity contribution in [3.8, 4) is 11.4 Å². The van der Waals surface area contributed by atoms with Gasteiger partial charge in [-0.2, -0.15) is 0 Å². The van der Waals surface area contributed by atoms with Crippen molar-refractivity contribution < 1.29 is 9.72 Å². The number of hydrogen-bond donors (Lipinski definition) is 1. The molecule has 0 aliphatic carbocycles. The molecule has 2 heterocycles. The molecule has 0 aliphatic rings. The summed E-state index contributed by atoms with van der Waals surface area (Å²) in [5.41, 5.74) is 1.99. The molecule has 0 spiro atoms. The Hall–Kier alpha value is -4.32. The largest absolute Gasteiger partial charge is 0.332 e. The number of anilines is 1. The van der Waals surface area contributed by atoms with E-state index in [9.17, 15) is 24.5 Å². The Morgan fingerprint density at radius 1 is 1.03 bits per heavy atom. The number of carbonyl (C=O) groups is 1. The monoisotopic (exact) mass is 506 g/mol. The van der Waals surface area contributed by atoms with Crippen molar-refractivity contribution in [3.63, 3.8) is 0 Å². The minimum atomic E-state index is -0.583. The van der Waals surface area contributed by atoms with Crippen LogP contribution in [0.5, 0.6) is 0 Å². The Morgan fingerprint density at radius 2 is 1.67 bits per heavy atom. The lowest BCUT2D eigenvalue weighted by molar-refractivity contribution is -0.384. The normalized spacial score (nSPS) is 11.0. The Labute approximate surface area is 209 Å². The standard InChI is InChI=1S/C24H22N6O5S/c1-13-9-14(2)11-16(10-13)25-18(31)12-36-22-19-21(28(3)24(33)29(4)23(19)32)26-20(27-22)15-5-7-17(8-6-15)30(34)35/h5-11H,12H2,1-4H3,(H,25,31). The highest BCUT2D eigenvalue weighted by Crippen LogP contribution is 2.27. The fourth-order valence-corrected chi connectivity index (χ4v) is 4.59. The van der Waals surface area contributed by atoms with Gasteiger partial charge >= 0.3 is 5.69 Å². The molecule has 2 aromatic carbocycles. The van der Waals surface area contributed by atoms with E-state index in [2.05, 4.69) is 15.3 Å². The molecule has 2 aromatic heterocycles. The number of aromatic nitrogens is 4. The molecule has 0 radical (unpaired) electrons. The Kier molecular flexibility index (Phi) is 6.71. The lowest BCUT2D eigenvalue weighted by Crippen LogP contribution is -2.37. The zero-order valence-corrected chi connectivity index (χ0v) is 20.8. The first-order chi connectivity index (χ1) is 17.0. The van der Waals surface area contributed by atoms with Crippen molar-refractivity contribution in [2.45, 2.75) is 18.9 Å². The lowest BCUT2D eigenvalue weighted by atomic mass is 10.1. The van der Waals surface area contributed by atoms with E-state index in [1.807, 2.05) is 32.0 Å². The molecular weight excluding hydrogens is 484 g/mol. The molecule has 4 aromatic rings. The molecule has 11 nitrogen and oxygen atoms in total. The summed E-state index contributed by atoms with van der Waals surface area (Å²) in [6.45, 7) is 3.87. The molecule has 0 atom stereocenters. The number of rotatable bonds is 6. The van der Waals surface area contributed by atoms with E-state index < -0.39 is 16.2 Å². The number of nitrogens with one attached hydrogen (secondary N) is 1. The second kappa shape index (κ2) is 9.74. The molecule has 0 saturated heterocycles. The predicted octanol–water partition coefficient (Wildman–Crippen LogP) is 2.95. The molecule has 184 valence electrons. The molecule has 1 amide bonds. The second-order valence-electron chi connectivity index (χ2n) is 8.27. The minimum Gasteiger partial charge on any atom is -0.325 e. The van der Waals surface area contributed by atoms with Crippen molar-refractivity contribution in [2.24, 2.45) is 14.1 Å². The van der Waals surface area contributed by atoms with E-state index in [-0.39, 0.29) is 39.2 Å². The fraction of sp³-hybridized carbons (Fsp3) is 0.208. The number of amides is 1. The number of nitro benzene ring substituents is 1. The van der Waals surface area contributed by atoms with Gasteiger partial charge in [-0.05, 0) is 49.2 Å². The van der Waals surface area contributed by atoms with Crippen molar-refractivity contribution in [1.82, 2.24) is 19.1 Å². The van der Waals surface area contributed by atoms with Crippen molar-refractivity contribution in [3.05, 3.63) is 84.5 Å². The predicted molar refractivity (Wildman–Crippen MR) is 137 cm³/mol. The first-order valence-corrected chi connectivity index (χ1v) is 11.8.